The van der Waals surface area contributed by atoms with Crippen LogP contribution >= 0.6 is 15.9 Å². The summed E-state index contributed by atoms with van der Waals surface area (Å²) in [4.78, 5) is 0. The maximum atomic E-state index is 9.09. The highest BCUT2D eigenvalue weighted by molar-refractivity contribution is 9.10. The van der Waals surface area contributed by atoms with Crippen LogP contribution in [0, 0.1) is 0 Å². The Kier molecular flexibility index (Phi) is 7.19. The Morgan fingerprint density at radius 1 is 1.18 bits per heavy atom. The molecule has 0 aromatic heterocycles. The second-order valence-corrected chi connectivity index (χ2v) is 4.22. The average Bonchev–Trinajstić information content (AvgIpc) is 2.35. The summed E-state index contributed by atoms with van der Waals surface area (Å²) in [6, 6.07) is 5.50. The fourth-order valence-corrected chi connectivity index (χ4v) is 1.60. The Balaban J connectivity index is 2.27. The highest BCUT2D eigenvalue weighted by atomic mass is 79.9. The smallest absolute Gasteiger partial charge is 0.119 e. The zero-order valence-corrected chi connectivity index (χ0v) is 11.4. The van der Waals surface area contributed by atoms with Gasteiger partial charge in [-0.15, -0.1) is 0 Å². The predicted octanol–water partition coefficient (Wildman–Crippen LogP) is 1.98. The van der Waals surface area contributed by atoms with Crippen molar-refractivity contribution in [2.75, 3.05) is 33.5 Å². The van der Waals surface area contributed by atoms with Gasteiger partial charge in [-0.3, -0.25) is 0 Å². The van der Waals surface area contributed by atoms with E-state index in [1.165, 1.54) is 0 Å². The van der Waals surface area contributed by atoms with Crippen LogP contribution in [0.3, 0.4) is 0 Å². The number of hydrogen-bond donors (Lipinski definition) is 1. The van der Waals surface area contributed by atoms with Crippen LogP contribution in [0.2, 0.25) is 0 Å². The van der Waals surface area contributed by atoms with E-state index >= 15 is 0 Å². The Hall–Kier alpha value is -0.620. The van der Waals surface area contributed by atoms with Crippen LogP contribution in [0.25, 0.3) is 0 Å². The molecular formula is C12H17BrO4. The van der Waals surface area contributed by atoms with Gasteiger partial charge in [-0.05, 0) is 23.8 Å². The van der Waals surface area contributed by atoms with Gasteiger partial charge in [0.05, 0.1) is 26.4 Å². The molecular weight excluding hydrogens is 288 g/mol. The van der Waals surface area contributed by atoms with Crippen molar-refractivity contribution < 1.29 is 19.3 Å². The third kappa shape index (κ3) is 5.50. The standard InChI is InChI=1S/C12H17BrO4/c1-15-4-5-16-6-7-17-11-2-3-12(13)10(8-11)9-14/h2-3,8,14H,4-7,9H2,1H3. The summed E-state index contributed by atoms with van der Waals surface area (Å²) >= 11 is 3.35. The van der Waals surface area contributed by atoms with Crippen LogP contribution in [0.4, 0.5) is 0 Å². The van der Waals surface area contributed by atoms with Gasteiger partial charge in [-0.25, -0.2) is 0 Å². The van der Waals surface area contributed by atoms with Crippen molar-refractivity contribution in [3.05, 3.63) is 28.2 Å². The lowest BCUT2D eigenvalue weighted by atomic mass is 10.2. The Morgan fingerprint density at radius 2 is 1.94 bits per heavy atom. The van der Waals surface area contributed by atoms with Crippen molar-refractivity contribution in [2.45, 2.75) is 6.61 Å². The molecule has 0 heterocycles. The molecule has 17 heavy (non-hydrogen) atoms. The summed E-state index contributed by atoms with van der Waals surface area (Å²) in [5.41, 5.74) is 0.808. The Labute approximate surface area is 110 Å². The molecule has 1 aromatic carbocycles. The van der Waals surface area contributed by atoms with Crippen LogP contribution in [-0.2, 0) is 16.1 Å². The molecule has 0 saturated carbocycles. The van der Waals surface area contributed by atoms with Gasteiger partial charge in [-0.1, -0.05) is 15.9 Å². The summed E-state index contributed by atoms with van der Waals surface area (Å²) in [6.45, 7) is 2.15. The molecule has 0 aliphatic heterocycles. The zero-order chi connectivity index (χ0) is 12.5. The summed E-state index contributed by atoms with van der Waals surface area (Å²) in [6.07, 6.45) is 0. The summed E-state index contributed by atoms with van der Waals surface area (Å²) in [5, 5.41) is 9.09. The molecule has 1 rings (SSSR count). The first-order chi connectivity index (χ1) is 8.27. The molecule has 0 bridgehead atoms. The van der Waals surface area contributed by atoms with E-state index in [0.717, 1.165) is 15.8 Å². The predicted molar refractivity (Wildman–Crippen MR) is 68.3 cm³/mol. The lowest BCUT2D eigenvalue weighted by Crippen LogP contribution is -2.10. The second kappa shape index (κ2) is 8.47. The minimum Gasteiger partial charge on any atom is -0.491 e. The van der Waals surface area contributed by atoms with E-state index < -0.39 is 0 Å². The molecule has 1 aromatic rings. The van der Waals surface area contributed by atoms with Gasteiger partial charge in [0.1, 0.15) is 12.4 Å². The molecule has 0 spiro atoms. The van der Waals surface area contributed by atoms with Crippen LogP contribution in [0.15, 0.2) is 22.7 Å². The van der Waals surface area contributed by atoms with E-state index in [4.69, 9.17) is 19.3 Å². The molecule has 0 amide bonds. The molecule has 0 radical (unpaired) electrons. The monoisotopic (exact) mass is 304 g/mol. The first kappa shape index (κ1) is 14.4. The van der Waals surface area contributed by atoms with Crippen LogP contribution < -0.4 is 4.74 Å². The van der Waals surface area contributed by atoms with Crippen molar-refractivity contribution in [1.29, 1.82) is 0 Å². The molecule has 96 valence electrons. The number of halogens is 1. The van der Waals surface area contributed by atoms with Gasteiger partial charge >= 0.3 is 0 Å². The number of aliphatic hydroxyl groups is 1. The lowest BCUT2D eigenvalue weighted by molar-refractivity contribution is 0.0544. The fraction of sp³-hybridized carbons (Fsp3) is 0.500. The number of ether oxygens (including phenoxy) is 3. The van der Waals surface area contributed by atoms with Gasteiger partial charge < -0.3 is 19.3 Å². The molecule has 5 heteroatoms. The van der Waals surface area contributed by atoms with Crippen molar-refractivity contribution in [2.24, 2.45) is 0 Å². The van der Waals surface area contributed by atoms with E-state index in [-0.39, 0.29) is 6.61 Å². The fourth-order valence-electron chi connectivity index (χ4n) is 1.22. The number of rotatable bonds is 8. The lowest BCUT2D eigenvalue weighted by Gasteiger charge is -2.09. The largest absolute Gasteiger partial charge is 0.491 e. The van der Waals surface area contributed by atoms with E-state index in [1.54, 1.807) is 13.2 Å². The average molecular weight is 305 g/mol. The summed E-state index contributed by atoms with van der Waals surface area (Å²) in [7, 11) is 1.64. The van der Waals surface area contributed by atoms with Gasteiger partial charge in [0.15, 0.2) is 0 Å². The SMILES string of the molecule is COCCOCCOc1ccc(Br)c(CO)c1. The molecule has 0 saturated heterocycles. The van der Waals surface area contributed by atoms with E-state index in [2.05, 4.69) is 15.9 Å². The second-order valence-electron chi connectivity index (χ2n) is 3.36. The topological polar surface area (TPSA) is 47.9 Å². The molecule has 0 atom stereocenters. The first-order valence-electron chi connectivity index (χ1n) is 5.36. The van der Waals surface area contributed by atoms with Crippen molar-refractivity contribution in [3.63, 3.8) is 0 Å². The Bertz CT molecular complexity index is 330. The number of methoxy groups -OCH3 is 1. The number of aliphatic hydroxyl groups excluding tert-OH is 1. The number of benzene rings is 1. The highest BCUT2D eigenvalue weighted by Crippen LogP contribution is 2.22. The molecule has 0 fully saturated rings. The first-order valence-corrected chi connectivity index (χ1v) is 6.16. The maximum absolute atomic E-state index is 9.09. The van der Waals surface area contributed by atoms with Gasteiger partial charge in [0, 0.05) is 11.6 Å². The zero-order valence-electron chi connectivity index (χ0n) is 9.82. The quantitative estimate of drug-likeness (QED) is 0.746. The van der Waals surface area contributed by atoms with E-state index in [1.807, 2.05) is 12.1 Å². The molecule has 0 aliphatic rings. The third-order valence-corrected chi connectivity index (χ3v) is 2.89. The minimum absolute atomic E-state index is 0.0118. The third-order valence-electron chi connectivity index (χ3n) is 2.12. The van der Waals surface area contributed by atoms with Crippen molar-refractivity contribution >= 4 is 15.9 Å². The Morgan fingerprint density at radius 3 is 2.65 bits per heavy atom. The van der Waals surface area contributed by atoms with Crippen LogP contribution in [0.1, 0.15) is 5.56 Å². The van der Waals surface area contributed by atoms with Gasteiger partial charge in [-0.2, -0.15) is 0 Å². The molecule has 1 N–H and O–H groups in total. The van der Waals surface area contributed by atoms with E-state index in [9.17, 15) is 0 Å². The summed E-state index contributed by atoms with van der Waals surface area (Å²) in [5.74, 6) is 0.729. The van der Waals surface area contributed by atoms with Crippen molar-refractivity contribution in [1.82, 2.24) is 0 Å². The van der Waals surface area contributed by atoms with Gasteiger partial charge in [0.2, 0.25) is 0 Å². The van der Waals surface area contributed by atoms with Crippen molar-refractivity contribution in [3.8, 4) is 5.75 Å². The van der Waals surface area contributed by atoms with Gasteiger partial charge in [0.25, 0.3) is 0 Å². The molecule has 0 aliphatic carbocycles. The van der Waals surface area contributed by atoms with E-state index in [0.29, 0.717) is 26.4 Å². The van der Waals surface area contributed by atoms with Crippen LogP contribution in [0.5, 0.6) is 5.75 Å². The highest BCUT2D eigenvalue weighted by Gasteiger charge is 2.01. The number of hydrogen-bond acceptors (Lipinski definition) is 4. The normalized spacial score (nSPS) is 10.5. The molecule has 4 nitrogen and oxygen atoms in total. The summed E-state index contributed by atoms with van der Waals surface area (Å²) < 4.78 is 16.5. The van der Waals surface area contributed by atoms with Crippen LogP contribution in [-0.4, -0.2) is 38.6 Å². The maximum Gasteiger partial charge on any atom is 0.119 e. The molecule has 0 unspecified atom stereocenters. The minimum atomic E-state index is -0.0118.